The highest BCUT2D eigenvalue weighted by Gasteiger charge is 2.39. The minimum atomic E-state index is -2.82. The molecule has 12 heteroatoms. The van der Waals surface area contributed by atoms with Gasteiger partial charge in [0.05, 0.1) is 11.8 Å². The van der Waals surface area contributed by atoms with Crippen molar-refractivity contribution in [2.45, 2.75) is 49.3 Å². The number of anilines is 1. The number of alkyl halides is 4. The molecular weight excluding hydrogens is 503 g/mol. The summed E-state index contributed by atoms with van der Waals surface area (Å²) in [5.74, 6) is -5.20. The quantitative estimate of drug-likeness (QED) is 0.444. The van der Waals surface area contributed by atoms with E-state index in [0.29, 0.717) is 4.90 Å². The molecule has 1 fully saturated rings. The molecule has 1 saturated carbocycles. The molecule has 0 saturated heterocycles. The minimum absolute atomic E-state index is 0.0146. The van der Waals surface area contributed by atoms with E-state index in [9.17, 15) is 24.1 Å². The van der Waals surface area contributed by atoms with Crippen molar-refractivity contribution < 1.29 is 24.1 Å². The van der Waals surface area contributed by atoms with Gasteiger partial charge in [0, 0.05) is 48.7 Å². The number of hydrogen-bond donors (Lipinski definition) is 1. The molecule has 3 aromatic rings. The molecule has 1 aliphatic rings. The number of halogens is 4. The van der Waals surface area contributed by atoms with Crippen LogP contribution in [0.3, 0.4) is 0 Å². The monoisotopic (exact) mass is 524 g/mol. The summed E-state index contributed by atoms with van der Waals surface area (Å²) in [6, 6.07) is 2.92. The van der Waals surface area contributed by atoms with Crippen LogP contribution in [0.2, 0.25) is 0 Å². The second-order valence-electron chi connectivity index (χ2n) is 7.97. The molecule has 1 aromatic carbocycles. The number of hydrogen-bond acceptors (Lipinski definition) is 6. The van der Waals surface area contributed by atoms with E-state index in [0.717, 1.165) is 22.8 Å². The van der Waals surface area contributed by atoms with Crippen molar-refractivity contribution in [1.29, 1.82) is 0 Å². The number of carbonyl (C=O) groups is 2. The van der Waals surface area contributed by atoms with Gasteiger partial charge < -0.3 is 5.32 Å². The van der Waals surface area contributed by atoms with Crippen molar-refractivity contribution in [2.24, 2.45) is 0 Å². The molecule has 4 rings (SSSR count). The Hall–Kier alpha value is -3.05. The molecule has 1 aliphatic carbocycles. The van der Waals surface area contributed by atoms with Crippen LogP contribution in [0.4, 0.5) is 18.9 Å². The summed E-state index contributed by atoms with van der Waals surface area (Å²) >= 11 is 6.90. The van der Waals surface area contributed by atoms with Crippen molar-refractivity contribution in [1.82, 2.24) is 20.3 Å². The molecule has 0 spiro atoms. The number of nitrogens with one attached hydrogen (secondary N) is 1. The molecule has 2 amide bonds. The van der Waals surface area contributed by atoms with Crippen LogP contribution in [0.1, 0.15) is 38.6 Å². The van der Waals surface area contributed by atoms with Gasteiger partial charge in [-0.3, -0.25) is 19.5 Å². The molecule has 2 aromatic heterocycles. The van der Waals surface area contributed by atoms with Crippen LogP contribution in [-0.4, -0.2) is 44.4 Å². The van der Waals surface area contributed by atoms with Crippen molar-refractivity contribution in [2.75, 3.05) is 4.90 Å². The lowest BCUT2D eigenvalue weighted by atomic mass is 9.92. The first-order chi connectivity index (χ1) is 17.1. The first-order valence-corrected chi connectivity index (χ1v) is 12.0. The normalized spacial score (nSPS) is 18.7. The molecule has 35 heavy (non-hydrogen) atoms. The van der Waals surface area contributed by atoms with Gasteiger partial charge in [0.2, 0.25) is 11.8 Å². The van der Waals surface area contributed by atoms with Crippen LogP contribution >= 0.6 is 22.9 Å². The lowest BCUT2D eigenvalue weighted by Gasteiger charge is -2.34. The maximum atomic E-state index is 14.2. The molecule has 184 valence electrons. The van der Waals surface area contributed by atoms with Gasteiger partial charge >= 0.3 is 0 Å². The Kier molecular flexibility index (Phi) is 7.24. The Morgan fingerprint density at radius 1 is 1.14 bits per heavy atom. The van der Waals surface area contributed by atoms with E-state index in [1.807, 2.05) is 0 Å². The zero-order chi connectivity index (χ0) is 25.9. The van der Waals surface area contributed by atoms with Crippen molar-refractivity contribution in [3.63, 3.8) is 0 Å². The fourth-order valence-corrected chi connectivity index (χ4v) is 4.55. The fourth-order valence-electron chi connectivity index (χ4n) is 3.82. The average Bonchev–Trinajstić information content (AvgIpc) is 3.41. The van der Waals surface area contributed by atoms with Crippen LogP contribution in [0.25, 0.3) is 10.4 Å². The number of benzene rings is 1. The third-order valence-corrected chi connectivity index (χ3v) is 6.58. The maximum Gasteiger partial charge on any atom is 0.278 e. The van der Waals surface area contributed by atoms with E-state index < -0.39 is 48.3 Å². The van der Waals surface area contributed by atoms with Gasteiger partial charge in [0.25, 0.3) is 11.5 Å². The molecular formula is C23H21ClF3N5O2S. The molecule has 0 aliphatic heterocycles. The van der Waals surface area contributed by atoms with Gasteiger partial charge in [0.15, 0.2) is 0 Å². The zero-order valence-corrected chi connectivity index (χ0v) is 19.8. The summed E-state index contributed by atoms with van der Waals surface area (Å²) in [5.41, 5.74) is -0.290. The first kappa shape index (κ1) is 23.7. The molecule has 1 N–H and O–H groups in total. The molecule has 0 radical (unpaired) electrons. The highest BCUT2D eigenvalue weighted by molar-refractivity contribution is 7.13. The van der Waals surface area contributed by atoms with Crippen molar-refractivity contribution >= 4 is 40.4 Å². The molecule has 0 bridgehead atoms. The summed E-state index contributed by atoms with van der Waals surface area (Å²) in [7, 11) is 0. The van der Waals surface area contributed by atoms with E-state index in [2.05, 4.69) is 20.3 Å². The lowest BCUT2D eigenvalue weighted by molar-refractivity contribution is -0.128. The number of amides is 2. The standard InChI is InChI=1S/C23H21ClF3N5O2S/c24-20(25)22(34)32(17-3-1-14(2-4-17)18-11-30-13-35-18)19(15-9-28-12-29-10-15)21(33)31-16-5-7-23(26,27)8-6-16/h1-4,9-13,16,19-20H,5-8H2,(H,31,33)/t19-,20-/m0/s1/i19D. The van der Waals surface area contributed by atoms with Gasteiger partial charge in [-0.05, 0) is 30.5 Å². The van der Waals surface area contributed by atoms with Crippen LogP contribution in [0.15, 0.2) is 54.7 Å². The number of rotatable bonds is 7. The predicted molar refractivity (Wildman–Crippen MR) is 126 cm³/mol. The smallest absolute Gasteiger partial charge is 0.278 e. The summed E-state index contributed by atoms with van der Waals surface area (Å²) < 4.78 is 50.7. The first-order valence-electron chi connectivity index (χ1n) is 11.2. The second-order valence-corrected chi connectivity index (χ2v) is 9.24. The summed E-state index contributed by atoms with van der Waals surface area (Å²) in [6.45, 7) is 0. The third kappa shape index (κ3) is 5.96. The minimum Gasteiger partial charge on any atom is -0.351 e. The molecule has 2 heterocycles. The molecule has 7 nitrogen and oxygen atoms in total. The van der Waals surface area contributed by atoms with Crippen LogP contribution < -0.4 is 10.2 Å². The lowest BCUT2D eigenvalue weighted by Crippen LogP contribution is -2.49. The largest absolute Gasteiger partial charge is 0.351 e. The van der Waals surface area contributed by atoms with Gasteiger partial charge in [-0.1, -0.05) is 23.7 Å². The van der Waals surface area contributed by atoms with Crippen molar-refractivity contribution in [3.8, 4) is 10.4 Å². The summed E-state index contributed by atoms with van der Waals surface area (Å²) in [4.78, 5) is 39.8. The topological polar surface area (TPSA) is 88.1 Å². The van der Waals surface area contributed by atoms with Crippen LogP contribution in [0, 0.1) is 0 Å². The molecule has 2 atom stereocenters. The SMILES string of the molecule is [2H][C@@](C(=O)NC1CCC(F)(F)CC1)(c1cncnc1)N(C(=O)[C@H](F)Cl)c1ccc(-c2cncs2)cc1. The number of carbonyl (C=O) groups excluding carboxylic acids is 2. The summed E-state index contributed by atoms with van der Waals surface area (Å²) in [5, 5.41) is 2.59. The number of thiazole rings is 1. The zero-order valence-electron chi connectivity index (χ0n) is 19.2. The van der Waals surface area contributed by atoms with E-state index in [-0.39, 0.29) is 24.1 Å². The van der Waals surface area contributed by atoms with Gasteiger partial charge in [-0.15, -0.1) is 11.3 Å². The fraction of sp³-hybridized carbons (Fsp3) is 0.348. The highest BCUT2D eigenvalue weighted by atomic mass is 35.5. The maximum absolute atomic E-state index is 14.2. The average molecular weight is 525 g/mol. The van der Waals surface area contributed by atoms with Gasteiger partial charge in [-0.2, -0.15) is 0 Å². The van der Waals surface area contributed by atoms with E-state index in [4.69, 9.17) is 11.6 Å². The second kappa shape index (κ2) is 10.7. The van der Waals surface area contributed by atoms with Gasteiger partial charge in [0.1, 0.15) is 12.3 Å². The predicted octanol–water partition coefficient (Wildman–Crippen LogP) is 4.90. The Morgan fingerprint density at radius 3 is 2.37 bits per heavy atom. The van der Waals surface area contributed by atoms with Crippen LogP contribution in [0.5, 0.6) is 0 Å². The van der Waals surface area contributed by atoms with E-state index >= 15 is 0 Å². The third-order valence-electron chi connectivity index (χ3n) is 5.57. The molecule has 0 unspecified atom stereocenters. The Balaban J connectivity index is 1.75. The Labute approximate surface area is 209 Å². The van der Waals surface area contributed by atoms with Crippen LogP contribution in [-0.2, 0) is 9.59 Å². The number of aromatic nitrogens is 3. The Bertz CT molecular complexity index is 1190. The number of nitrogens with zero attached hydrogens (tertiary/aromatic N) is 4. The van der Waals surface area contributed by atoms with Gasteiger partial charge in [-0.25, -0.2) is 23.1 Å². The summed E-state index contributed by atoms with van der Waals surface area (Å²) in [6.07, 6.45) is 4.25. The van der Waals surface area contributed by atoms with Crippen molar-refractivity contribution in [3.05, 3.63) is 60.3 Å². The van der Waals surface area contributed by atoms with E-state index in [1.165, 1.54) is 29.8 Å². The van der Waals surface area contributed by atoms with E-state index in [1.54, 1.807) is 23.8 Å². The highest BCUT2D eigenvalue weighted by Crippen LogP contribution is 2.35. The Morgan fingerprint density at radius 2 is 1.80 bits per heavy atom.